The molecule has 3 heterocycles. The molecule has 0 radical (unpaired) electrons. The first kappa shape index (κ1) is 18.6. The van der Waals surface area contributed by atoms with Gasteiger partial charge >= 0.3 is 0 Å². The molecule has 2 aliphatic rings. The van der Waals surface area contributed by atoms with Gasteiger partial charge < -0.3 is 20.1 Å². The second-order valence-corrected chi connectivity index (χ2v) is 8.77. The van der Waals surface area contributed by atoms with Crippen LogP contribution in [-0.4, -0.2) is 53.1 Å². The van der Waals surface area contributed by atoms with Crippen molar-refractivity contribution in [2.75, 3.05) is 14.1 Å². The molecule has 1 unspecified atom stereocenters. The van der Waals surface area contributed by atoms with Crippen LogP contribution in [0.1, 0.15) is 42.5 Å². The molecular formula is C19H26N4O3S. The Morgan fingerprint density at radius 2 is 2.11 bits per heavy atom. The highest BCUT2D eigenvalue weighted by atomic mass is 32.1. The van der Waals surface area contributed by atoms with Crippen LogP contribution in [0, 0.1) is 0 Å². The lowest BCUT2D eigenvalue weighted by atomic mass is 9.92. The van der Waals surface area contributed by atoms with Gasteiger partial charge in [-0.3, -0.25) is 4.79 Å². The summed E-state index contributed by atoms with van der Waals surface area (Å²) in [4.78, 5) is 24.5. The summed E-state index contributed by atoms with van der Waals surface area (Å²) < 4.78 is 12.1. The van der Waals surface area contributed by atoms with Gasteiger partial charge in [-0.15, -0.1) is 11.3 Å². The Kier molecular flexibility index (Phi) is 5.29. The Morgan fingerprint density at radius 3 is 2.81 bits per heavy atom. The number of carbonyl (C=O) groups excluding carboxylic acids is 1. The number of hydrogen-bond donors (Lipinski definition) is 1. The van der Waals surface area contributed by atoms with E-state index in [0.29, 0.717) is 24.9 Å². The van der Waals surface area contributed by atoms with Gasteiger partial charge in [0.05, 0.1) is 24.5 Å². The van der Waals surface area contributed by atoms with Crippen molar-refractivity contribution in [1.82, 2.24) is 14.9 Å². The van der Waals surface area contributed by atoms with E-state index in [1.165, 1.54) is 0 Å². The zero-order chi connectivity index (χ0) is 19.0. The molecule has 1 atom stereocenters. The molecule has 2 aromatic rings. The summed E-state index contributed by atoms with van der Waals surface area (Å²) in [6, 6.07) is 0.635. The number of nitrogens with zero attached hydrogens (tertiary/aromatic N) is 3. The molecule has 27 heavy (non-hydrogen) atoms. The van der Waals surface area contributed by atoms with Gasteiger partial charge in [0.25, 0.3) is 0 Å². The first-order valence-electron chi connectivity index (χ1n) is 9.49. The van der Waals surface area contributed by atoms with Crippen LogP contribution in [-0.2, 0) is 22.6 Å². The molecule has 1 aliphatic heterocycles. The molecule has 1 aliphatic carbocycles. The third kappa shape index (κ3) is 3.93. The Hall–Kier alpha value is -1.77. The highest BCUT2D eigenvalue weighted by Crippen LogP contribution is 2.40. The quantitative estimate of drug-likeness (QED) is 0.842. The molecule has 7 nitrogen and oxygen atoms in total. The fourth-order valence-corrected chi connectivity index (χ4v) is 5.18. The molecule has 1 saturated carbocycles. The largest absolute Gasteiger partial charge is 0.474 e. The van der Waals surface area contributed by atoms with Gasteiger partial charge in [0.15, 0.2) is 0 Å². The van der Waals surface area contributed by atoms with Gasteiger partial charge in [-0.1, -0.05) is 0 Å². The molecule has 1 fully saturated rings. The van der Waals surface area contributed by atoms with Crippen molar-refractivity contribution < 1.29 is 14.3 Å². The molecule has 0 saturated heterocycles. The summed E-state index contributed by atoms with van der Waals surface area (Å²) in [5.41, 5.74) is 6.51. The van der Waals surface area contributed by atoms with Crippen LogP contribution in [0.15, 0.2) is 6.33 Å². The van der Waals surface area contributed by atoms with Crippen molar-refractivity contribution in [1.29, 1.82) is 0 Å². The molecule has 2 aromatic heterocycles. The summed E-state index contributed by atoms with van der Waals surface area (Å²) >= 11 is 1.62. The van der Waals surface area contributed by atoms with Gasteiger partial charge in [-0.25, -0.2) is 9.97 Å². The number of ether oxygens (including phenoxy) is 2. The number of rotatable bonds is 5. The zero-order valence-corrected chi connectivity index (χ0v) is 16.6. The van der Waals surface area contributed by atoms with Gasteiger partial charge in [-0.2, -0.15) is 0 Å². The zero-order valence-electron chi connectivity index (χ0n) is 15.8. The predicted octanol–water partition coefficient (Wildman–Crippen LogP) is 2.26. The van der Waals surface area contributed by atoms with E-state index in [2.05, 4.69) is 29.0 Å². The molecular weight excluding hydrogens is 364 g/mol. The number of carbonyl (C=O) groups is 1. The van der Waals surface area contributed by atoms with Crippen molar-refractivity contribution in [3.8, 4) is 5.88 Å². The lowest BCUT2D eigenvalue weighted by Gasteiger charge is -2.32. The fraction of sp³-hybridized carbons (Fsp3) is 0.632. The van der Waals surface area contributed by atoms with Crippen LogP contribution >= 0.6 is 11.3 Å². The SMILES string of the molecule is CN(C)[C@H]1CC[C@H](Oc2ncnc3sc4c(c23)CC(CC(N)=O)OC4)CC1. The minimum Gasteiger partial charge on any atom is -0.474 e. The van der Waals surface area contributed by atoms with E-state index in [1.54, 1.807) is 17.7 Å². The second kappa shape index (κ2) is 7.69. The maximum absolute atomic E-state index is 11.3. The van der Waals surface area contributed by atoms with Crippen LogP contribution in [0.5, 0.6) is 5.88 Å². The minimum atomic E-state index is -0.339. The normalized spacial score (nSPS) is 25.5. The van der Waals surface area contributed by atoms with Crippen LogP contribution < -0.4 is 10.5 Å². The molecule has 1 amide bonds. The van der Waals surface area contributed by atoms with Crippen molar-refractivity contribution in [2.45, 2.75) is 63.4 Å². The smallest absolute Gasteiger partial charge is 0.225 e. The highest BCUT2D eigenvalue weighted by molar-refractivity contribution is 7.18. The van der Waals surface area contributed by atoms with Crippen LogP contribution in [0.4, 0.5) is 0 Å². The molecule has 0 spiro atoms. The van der Waals surface area contributed by atoms with E-state index in [-0.39, 0.29) is 24.5 Å². The van der Waals surface area contributed by atoms with Gasteiger partial charge in [-0.05, 0) is 45.3 Å². The van der Waals surface area contributed by atoms with Crippen LogP contribution in [0.2, 0.25) is 0 Å². The van der Waals surface area contributed by atoms with Crippen LogP contribution in [0.25, 0.3) is 10.2 Å². The number of thiophene rings is 1. The molecule has 4 rings (SSSR count). The monoisotopic (exact) mass is 390 g/mol. The molecule has 2 N–H and O–H groups in total. The van der Waals surface area contributed by atoms with Gasteiger partial charge in [0.2, 0.25) is 11.8 Å². The topological polar surface area (TPSA) is 90.6 Å². The van der Waals surface area contributed by atoms with Crippen molar-refractivity contribution in [3.63, 3.8) is 0 Å². The van der Waals surface area contributed by atoms with Crippen molar-refractivity contribution >= 4 is 27.5 Å². The van der Waals surface area contributed by atoms with Gasteiger partial charge in [0.1, 0.15) is 17.3 Å². The number of aromatic nitrogens is 2. The Bertz CT molecular complexity index is 830. The average molecular weight is 391 g/mol. The third-order valence-corrected chi connectivity index (χ3v) is 6.71. The number of fused-ring (bicyclic) bond motifs is 3. The number of hydrogen-bond acceptors (Lipinski definition) is 7. The lowest BCUT2D eigenvalue weighted by molar-refractivity contribution is -0.121. The van der Waals surface area contributed by atoms with Gasteiger partial charge in [0, 0.05) is 17.3 Å². The van der Waals surface area contributed by atoms with E-state index in [0.717, 1.165) is 46.3 Å². The summed E-state index contributed by atoms with van der Waals surface area (Å²) in [7, 11) is 4.28. The number of nitrogens with two attached hydrogens (primary N) is 1. The second-order valence-electron chi connectivity index (χ2n) is 7.68. The maximum Gasteiger partial charge on any atom is 0.225 e. The summed E-state index contributed by atoms with van der Waals surface area (Å²) in [6.45, 7) is 0.488. The Morgan fingerprint density at radius 1 is 1.33 bits per heavy atom. The Balaban J connectivity index is 1.56. The number of primary amides is 1. The molecule has 0 aromatic carbocycles. The van der Waals surface area contributed by atoms with Crippen LogP contribution in [0.3, 0.4) is 0 Å². The number of amides is 1. The average Bonchev–Trinajstić information content (AvgIpc) is 3.00. The first-order valence-corrected chi connectivity index (χ1v) is 10.3. The Labute approximate surface area is 162 Å². The molecule has 8 heteroatoms. The summed E-state index contributed by atoms with van der Waals surface area (Å²) in [5, 5.41) is 0.991. The minimum absolute atomic E-state index is 0.184. The summed E-state index contributed by atoms with van der Waals surface area (Å²) in [6.07, 6.45) is 6.82. The standard InChI is InChI=1S/C19H26N4O3S/c1-23(2)11-3-5-12(6-4-11)26-18-17-14-7-13(8-16(20)24)25-9-15(14)27-19(17)22-10-21-18/h10-13H,3-9H2,1-2H3,(H2,20,24)/t11-,12-,13?. The predicted molar refractivity (Wildman–Crippen MR) is 104 cm³/mol. The first-order chi connectivity index (χ1) is 13.0. The maximum atomic E-state index is 11.3. The third-order valence-electron chi connectivity index (χ3n) is 5.60. The van der Waals surface area contributed by atoms with E-state index in [9.17, 15) is 4.79 Å². The van der Waals surface area contributed by atoms with Crippen molar-refractivity contribution in [2.24, 2.45) is 5.73 Å². The highest BCUT2D eigenvalue weighted by Gasteiger charge is 2.29. The van der Waals surface area contributed by atoms with E-state index < -0.39 is 0 Å². The van der Waals surface area contributed by atoms with E-state index in [4.69, 9.17) is 15.2 Å². The lowest BCUT2D eigenvalue weighted by Crippen LogP contribution is -2.35. The molecule has 0 bridgehead atoms. The summed E-state index contributed by atoms with van der Waals surface area (Å²) in [5.74, 6) is 0.332. The fourth-order valence-electron chi connectivity index (χ4n) is 4.10. The van der Waals surface area contributed by atoms with E-state index >= 15 is 0 Å². The van der Waals surface area contributed by atoms with Crippen molar-refractivity contribution in [3.05, 3.63) is 16.8 Å². The van der Waals surface area contributed by atoms with E-state index in [1.807, 2.05) is 0 Å². The molecule has 146 valence electrons.